The van der Waals surface area contributed by atoms with Gasteiger partial charge in [-0.05, 0) is 12.8 Å². The largest absolute Gasteiger partial charge is 0.460 e. The maximum Gasteiger partial charge on any atom is 0.460 e. The number of halogens is 14. The van der Waals surface area contributed by atoms with Crippen LogP contribution >= 0.6 is 22.6 Å². The van der Waals surface area contributed by atoms with Gasteiger partial charge in [0.25, 0.3) is 0 Å². The van der Waals surface area contributed by atoms with E-state index >= 15 is 0 Å². The average molecular weight is 600 g/mol. The summed E-state index contributed by atoms with van der Waals surface area (Å²) in [5, 5.41) is 0. The molecule has 0 rings (SSSR count). The van der Waals surface area contributed by atoms with Crippen molar-refractivity contribution in [1.29, 1.82) is 0 Å². The zero-order valence-electron chi connectivity index (χ0n) is 16.4. The van der Waals surface area contributed by atoms with E-state index in [0.717, 1.165) is 19.8 Å². The molecule has 0 aromatic carbocycles. The number of rotatable bonds is 13. The minimum absolute atomic E-state index is 0.199. The van der Waals surface area contributed by atoms with Crippen molar-refractivity contribution < 1.29 is 57.1 Å². The van der Waals surface area contributed by atoms with E-state index in [0.29, 0.717) is 12.8 Å². The standard InChI is InChI=1S/C17H22F13I/c1-3-5-6-7-8-9-11(31)10(4-2)12(18,19)13(20,21)14(22,23)15(24,25)16(26,27)17(28,29)30/h10-11H,3-9H2,1-2H3. The predicted octanol–water partition coefficient (Wildman–Crippen LogP) is 8.92. The van der Waals surface area contributed by atoms with E-state index in [2.05, 4.69) is 0 Å². The maximum absolute atomic E-state index is 14.4. The second kappa shape index (κ2) is 10.4. The van der Waals surface area contributed by atoms with E-state index in [1.54, 1.807) is 0 Å². The van der Waals surface area contributed by atoms with Crippen LogP contribution in [0.2, 0.25) is 0 Å². The summed E-state index contributed by atoms with van der Waals surface area (Å²) in [6, 6.07) is 0. The molecule has 0 fully saturated rings. The minimum Gasteiger partial charge on any atom is -0.199 e. The van der Waals surface area contributed by atoms with Crippen LogP contribution in [0.15, 0.2) is 0 Å². The van der Waals surface area contributed by atoms with Gasteiger partial charge in [0.15, 0.2) is 0 Å². The monoisotopic (exact) mass is 600 g/mol. The topological polar surface area (TPSA) is 0 Å². The van der Waals surface area contributed by atoms with E-state index < -0.39 is 52.1 Å². The molecule has 0 spiro atoms. The quantitative estimate of drug-likeness (QED) is 0.0858. The van der Waals surface area contributed by atoms with E-state index in [1.165, 1.54) is 22.6 Å². The van der Waals surface area contributed by atoms with Crippen molar-refractivity contribution >= 4 is 22.6 Å². The van der Waals surface area contributed by atoms with Crippen LogP contribution in [-0.2, 0) is 0 Å². The zero-order valence-corrected chi connectivity index (χ0v) is 18.6. The van der Waals surface area contributed by atoms with Gasteiger partial charge in [0.05, 0.1) is 0 Å². The molecule has 0 aliphatic rings. The fourth-order valence-corrected chi connectivity index (χ4v) is 4.30. The Kier molecular flexibility index (Phi) is 10.3. The molecular formula is C17H22F13I. The smallest absolute Gasteiger partial charge is 0.199 e. The van der Waals surface area contributed by atoms with Crippen molar-refractivity contribution in [3.63, 3.8) is 0 Å². The van der Waals surface area contributed by atoms with Gasteiger partial charge in [-0.25, -0.2) is 0 Å². The summed E-state index contributed by atoms with van der Waals surface area (Å²) < 4.78 is 172. The first-order valence-corrected chi connectivity index (χ1v) is 10.5. The Labute approximate surface area is 184 Å². The highest BCUT2D eigenvalue weighted by Crippen LogP contribution is 2.62. The Hall–Kier alpha value is -0.180. The normalized spacial score (nSPS) is 17.0. The van der Waals surface area contributed by atoms with Crippen LogP contribution in [0.4, 0.5) is 57.1 Å². The van der Waals surface area contributed by atoms with E-state index in [1.807, 2.05) is 6.92 Å². The molecule has 14 heteroatoms. The molecule has 0 aromatic heterocycles. The number of unbranched alkanes of at least 4 members (excludes halogenated alkanes) is 4. The lowest BCUT2D eigenvalue weighted by Gasteiger charge is -2.42. The Morgan fingerprint density at radius 2 is 1.00 bits per heavy atom. The van der Waals surface area contributed by atoms with Crippen LogP contribution in [0, 0.1) is 5.92 Å². The van der Waals surface area contributed by atoms with Crippen molar-refractivity contribution in [3.05, 3.63) is 0 Å². The molecule has 0 saturated carbocycles. The average Bonchev–Trinajstić information content (AvgIpc) is 2.60. The van der Waals surface area contributed by atoms with Crippen LogP contribution < -0.4 is 0 Å². The van der Waals surface area contributed by atoms with Gasteiger partial charge in [-0.3, -0.25) is 0 Å². The Bertz CT molecular complexity index is 557. The summed E-state index contributed by atoms with van der Waals surface area (Å²) in [5.41, 5.74) is 0. The third kappa shape index (κ3) is 5.67. The van der Waals surface area contributed by atoms with Crippen molar-refractivity contribution in [2.75, 3.05) is 0 Å². The third-order valence-corrected chi connectivity index (χ3v) is 6.37. The fraction of sp³-hybridized carbons (Fsp3) is 1.00. The van der Waals surface area contributed by atoms with Crippen molar-refractivity contribution in [2.24, 2.45) is 5.92 Å². The summed E-state index contributed by atoms with van der Waals surface area (Å²) in [5.74, 6) is -39.1. The fourth-order valence-electron chi connectivity index (χ4n) is 2.90. The molecule has 0 saturated heterocycles. The van der Waals surface area contributed by atoms with Gasteiger partial charge < -0.3 is 0 Å². The minimum atomic E-state index is -7.84. The molecule has 188 valence electrons. The SMILES string of the molecule is CCCCCCCC(I)C(CC)C(F)(F)C(F)(F)C(F)(F)C(F)(F)C(F)(F)C(F)(F)F. The first kappa shape index (κ1) is 30.8. The van der Waals surface area contributed by atoms with Crippen LogP contribution in [0.1, 0.15) is 58.8 Å². The Balaban J connectivity index is 5.96. The van der Waals surface area contributed by atoms with E-state index in [4.69, 9.17) is 0 Å². The second-order valence-electron chi connectivity index (χ2n) is 7.15. The zero-order chi connectivity index (χ0) is 25.1. The Morgan fingerprint density at radius 1 is 0.581 bits per heavy atom. The lowest BCUT2D eigenvalue weighted by Crippen LogP contribution is -2.71. The molecular weight excluding hydrogens is 578 g/mol. The molecule has 0 aliphatic heterocycles. The Morgan fingerprint density at radius 3 is 1.39 bits per heavy atom. The molecule has 0 radical (unpaired) electrons. The molecule has 0 N–H and O–H groups in total. The van der Waals surface area contributed by atoms with Crippen LogP contribution in [-0.4, -0.2) is 39.7 Å². The lowest BCUT2D eigenvalue weighted by molar-refractivity contribution is -0.443. The highest BCUT2D eigenvalue weighted by molar-refractivity contribution is 14.1. The molecule has 0 aliphatic carbocycles. The number of alkyl halides is 14. The van der Waals surface area contributed by atoms with Gasteiger partial charge in [0.1, 0.15) is 0 Å². The number of hydrogen-bond donors (Lipinski definition) is 0. The van der Waals surface area contributed by atoms with Crippen molar-refractivity contribution in [2.45, 2.75) is 98.5 Å². The molecule has 2 unspecified atom stereocenters. The van der Waals surface area contributed by atoms with Gasteiger partial charge in [-0.15, -0.1) is 0 Å². The van der Waals surface area contributed by atoms with E-state index in [-0.39, 0.29) is 12.8 Å². The molecule has 0 aromatic rings. The summed E-state index contributed by atoms with van der Waals surface area (Å²) in [6.45, 7) is 2.73. The predicted molar refractivity (Wildman–Crippen MR) is 95.8 cm³/mol. The lowest BCUT2D eigenvalue weighted by atomic mass is 9.83. The summed E-state index contributed by atoms with van der Waals surface area (Å²) in [4.78, 5) is 0. The third-order valence-electron chi connectivity index (χ3n) is 4.88. The van der Waals surface area contributed by atoms with Crippen LogP contribution in [0.25, 0.3) is 0 Å². The number of hydrogen-bond acceptors (Lipinski definition) is 0. The van der Waals surface area contributed by atoms with Crippen molar-refractivity contribution in [3.8, 4) is 0 Å². The molecule has 0 amide bonds. The van der Waals surface area contributed by atoms with Crippen LogP contribution in [0.3, 0.4) is 0 Å². The maximum atomic E-state index is 14.4. The first-order chi connectivity index (χ1) is 13.7. The van der Waals surface area contributed by atoms with Gasteiger partial charge in [-0.2, -0.15) is 57.1 Å². The molecule has 31 heavy (non-hydrogen) atoms. The van der Waals surface area contributed by atoms with Gasteiger partial charge >= 0.3 is 35.8 Å². The van der Waals surface area contributed by atoms with Gasteiger partial charge in [0, 0.05) is 9.84 Å². The molecule has 0 bridgehead atoms. The summed E-state index contributed by atoms with van der Waals surface area (Å²) in [6.07, 6.45) is -5.56. The first-order valence-electron chi connectivity index (χ1n) is 9.28. The highest BCUT2D eigenvalue weighted by Gasteiger charge is 2.91. The summed E-state index contributed by atoms with van der Waals surface area (Å²) >= 11 is 1.23. The summed E-state index contributed by atoms with van der Waals surface area (Å²) in [7, 11) is 0. The molecule has 0 heterocycles. The van der Waals surface area contributed by atoms with Crippen molar-refractivity contribution in [1.82, 2.24) is 0 Å². The second-order valence-corrected chi connectivity index (χ2v) is 8.75. The van der Waals surface area contributed by atoms with E-state index in [9.17, 15) is 57.1 Å². The molecule has 2 atom stereocenters. The van der Waals surface area contributed by atoms with Crippen LogP contribution in [0.5, 0.6) is 0 Å². The highest BCUT2D eigenvalue weighted by atomic mass is 127. The van der Waals surface area contributed by atoms with Gasteiger partial charge in [0.2, 0.25) is 0 Å². The van der Waals surface area contributed by atoms with Gasteiger partial charge in [-0.1, -0.05) is 68.5 Å². The molecule has 0 nitrogen and oxygen atoms in total.